The molecule has 0 saturated carbocycles. The smallest absolute Gasteiger partial charge is 0.309 e. The van der Waals surface area contributed by atoms with Gasteiger partial charge in [-0.2, -0.15) is 19.2 Å². The Bertz CT molecular complexity index is 397. The van der Waals surface area contributed by atoms with Gasteiger partial charge in [0.15, 0.2) is 0 Å². The van der Waals surface area contributed by atoms with E-state index in [9.17, 15) is 4.57 Å². The minimum atomic E-state index is -2.78. The van der Waals surface area contributed by atoms with Crippen LogP contribution in [0.3, 0.4) is 0 Å². The quantitative estimate of drug-likeness (QED) is 0.315. The van der Waals surface area contributed by atoms with E-state index in [4.69, 9.17) is 28.2 Å². The van der Waals surface area contributed by atoms with E-state index in [1.807, 2.05) is 13.8 Å². The number of allylic oxidation sites excluding steroid dienone is 2. The second kappa shape index (κ2) is 26.1. The highest BCUT2D eigenvalue weighted by atomic mass is 31.2. The minimum Gasteiger partial charge on any atom is -0.309 e. The monoisotopic (exact) mass is 412 g/mol. The molecule has 0 aromatic rings. The van der Waals surface area contributed by atoms with Crippen LogP contribution in [0.4, 0.5) is 0 Å². The van der Waals surface area contributed by atoms with Gasteiger partial charge in [-0.15, -0.1) is 0 Å². The predicted octanol–water partition coefficient (Wildman–Crippen LogP) is 4.96. The first kappa shape index (κ1) is 35.9. The molecule has 0 heterocycles. The average molecular weight is 413 g/mol. The molecular weight excluding hydrogens is 375 g/mol. The molecule has 0 aromatic heterocycles. The van der Waals surface area contributed by atoms with Crippen LogP contribution in [0.5, 0.6) is 0 Å². The van der Waals surface area contributed by atoms with Crippen molar-refractivity contribution in [3.63, 3.8) is 0 Å². The van der Waals surface area contributed by atoms with Gasteiger partial charge in [-0.05, 0) is 27.2 Å². The molecule has 0 unspecified atom stereocenters. The molecule has 26 heavy (non-hydrogen) atoms. The number of rotatable bonds is 8. The number of carbonyl (C=O) groups excluding carboxylic acids is 4. The van der Waals surface area contributed by atoms with Crippen LogP contribution in [0.25, 0.3) is 0 Å². The molecule has 156 valence electrons. The Hall–Kier alpha value is -1.13. The van der Waals surface area contributed by atoms with Crippen LogP contribution in [0.15, 0.2) is 12.2 Å². The maximum Gasteiger partial charge on any atom is 0.373 e. The van der Waals surface area contributed by atoms with Crippen LogP contribution in [0.2, 0.25) is 19.6 Å². The molecule has 0 rings (SSSR count). The Labute approximate surface area is 160 Å². The van der Waals surface area contributed by atoms with Crippen molar-refractivity contribution < 1.29 is 32.8 Å². The molecule has 0 aliphatic rings. The van der Waals surface area contributed by atoms with Crippen molar-refractivity contribution in [3.8, 4) is 0 Å². The molecule has 0 atom stereocenters. The summed E-state index contributed by atoms with van der Waals surface area (Å²) in [5.41, 5.74) is 0. The fourth-order valence-electron chi connectivity index (χ4n) is 1.44. The fraction of sp³-hybridized carbons (Fsp3) is 0.765. The molecule has 0 aromatic carbocycles. The topological polar surface area (TPSA) is 104 Å². The first-order chi connectivity index (χ1) is 11.6. The maximum absolute atomic E-state index is 12.0. The maximum atomic E-state index is 12.0. The Morgan fingerprint density at radius 3 is 1.42 bits per heavy atom. The fourth-order valence-corrected chi connectivity index (χ4v) is 7.68. The van der Waals surface area contributed by atoms with Crippen LogP contribution in [0.1, 0.15) is 48.0 Å². The van der Waals surface area contributed by atoms with Gasteiger partial charge in [-0.1, -0.05) is 52.6 Å². The lowest BCUT2D eigenvalue weighted by Crippen LogP contribution is -2.27. The van der Waals surface area contributed by atoms with Gasteiger partial charge in [0.2, 0.25) is 0 Å². The normalized spacial score (nSPS) is 9.65. The first-order valence-electron chi connectivity index (χ1n) is 8.05. The summed E-state index contributed by atoms with van der Waals surface area (Å²) in [4.78, 5) is 32.5. The van der Waals surface area contributed by atoms with E-state index in [0.717, 1.165) is 0 Å². The second-order valence-corrected chi connectivity index (χ2v) is 13.8. The number of hydrogen-bond donors (Lipinski definition) is 0. The van der Waals surface area contributed by atoms with E-state index in [1.54, 1.807) is 0 Å². The van der Waals surface area contributed by atoms with Gasteiger partial charge < -0.3 is 9.05 Å². The van der Waals surface area contributed by atoms with Crippen LogP contribution in [0, 0.1) is 0 Å². The Kier molecular flexibility index (Phi) is 36.0. The molecule has 0 spiro atoms. The number of unbranched alkanes of at least 4 members (excludes halogenated alkanes) is 1. The summed E-state index contributed by atoms with van der Waals surface area (Å²) in [5, 5.41) is 0. The van der Waals surface area contributed by atoms with Crippen LogP contribution >= 0.6 is 7.60 Å². The third kappa shape index (κ3) is 43.4. The van der Waals surface area contributed by atoms with E-state index in [1.165, 1.54) is 12.8 Å². The van der Waals surface area contributed by atoms with Crippen molar-refractivity contribution in [1.82, 2.24) is 0 Å². The van der Waals surface area contributed by atoms with Gasteiger partial charge in [-0.3, -0.25) is 4.57 Å². The summed E-state index contributed by atoms with van der Waals surface area (Å²) in [5.74, 6) is 0.613. The summed E-state index contributed by atoms with van der Waals surface area (Å²) < 4.78 is 22.4. The van der Waals surface area contributed by atoms with Crippen molar-refractivity contribution in [1.29, 1.82) is 0 Å². The van der Waals surface area contributed by atoms with Gasteiger partial charge in [0.1, 0.15) is 0 Å². The Morgan fingerprint density at radius 2 is 1.27 bits per heavy atom. The molecular formula is C17H37O7PSi. The van der Waals surface area contributed by atoms with E-state index in [2.05, 4.69) is 45.6 Å². The van der Waals surface area contributed by atoms with Crippen LogP contribution < -0.4 is 0 Å². The molecule has 0 saturated heterocycles. The first-order valence-corrected chi connectivity index (χ1v) is 13.5. The molecule has 0 radical (unpaired) electrons. The lowest BCUT2D eigenvalue weighted by molar-refractivity contribution is -0.193. The van der Waals surface area contributed by atoms with Crippen molar-refractivity contribution in [2.24, 2.45) is 0 Å². The molecule has 0 amide bonds. The Balaban J connectivity index is -0.0000000943. The van der Waals surface area contributed by atoms with E-state index in [0.29, 0.717) is 19.0 Å². The van der Waals surface area contributed by atoms with Crippen molar-refractivity contribution >= 4 is 28.0 Å². The molecule has 0 bridgehead atoms. The highest BCUT2D eigenvalue weighted by Gasteiger charge is 2.31. The third-order valence-corrected chi connectivity index (χ3v) is 8.66. The van der Waals surface area contributed by atoms with Crippen LogP contribution in [-0.4, -0.2) is 39.4 Å². The summed E-state index contributed by atoms with van der Waals surface area (Å²) in [6, 6.07) is 0. The molecule has 7 nitrogen and oxygen atoms in total. The van der Waals surface area contributed by atoms with Crippen LogP contribution in [-0.2, 0) is 32.8 Å². The lowest BCUT2D eigenvalue weighted by atomic mass is 10.3. The van der Waals surface area contributed by atoms with Crippen molar-refractivity contribution in [2.45, 2.75) is 67.6 Å². The second-order valence-electron chi connectivity index (χ2n) is 5.69. The van der Waals surface area contributed by atoms with E-state index < -0.39 is 15.7 Å². The summed E-state index contributed by atoms with van der Waals surface area (Å²) in [7, 11) is -4.16. The number of hydrogen-bond acceptors (Lipinski definition) is 7. The van der Waals surface area contributed by atoms with Gasteiger partial charge in [0, 0.05) is 5.79 Å². The zero-order valence-corrected chi connectivity index (χ0v) is 18.4. The summed E-state index contributed by atoms with van der Waals surface area (Å²) >= 11 is 0. The zero-order chi connectivity index (χ0) is 20.8. The van der Waals surface area contributed by atoms with Gasteiger partial charge in [0.05, 0.1) is 21.3 Å². The summed E-state index contributed by atoms with van der Waals surface area (Å²) in [6.45, 7) is 15.3. The molecule has 0 fully saturated rings. The average Bonchev–Trinajstić information content (AvgIpc) is 2.45. The van der Waals surface area contributed by atoms with Crippen molar-refractivity contribution in [3.05, 3.63) is 12.2 Å². The summed E-state index contributed by atoms with van der Waals surface area (Å²) in [6.07, 6.45) is 7.27. The van der Waals surface area contributed by atoms with Gasteiger partial charge in [0.25, 0.3) is 0 Å². The molecule has 0 aliphatic heterocycles. The van der Waals surface area contributed by atoms with Crippen molar-refractivity contribution in [2.75, 3.05) is 19.0 Å². The van der Waals surface area contributed by atoms with Gasteiger partial charge >= 0.3 is 19.9 Å². The third-order valence-electron chi connectivity index (χ3n) is 2.01. The SMILES string of the molecule is C.C/C=C\CCC.CCOP(=O)(C[Si](C)(C)C)OCC.O=C=O.O=C=O. The molecule has 9 heteroatoms. The standard InChI is InChI=1S/C8H21O3PSi.C6H12.2CO2.CH4/c1-6-10-12(9,11-7-2)8-13(3,4)5;1-3-5-6-4-2;2*2-1-3;/h6-8H2,1-5H3;3,5H,4,6H2,1-2H3;;;1H4/b;5-3-;;;. The zero-order valence-electron chi connectivity index (χ0n) is 16.5. The largest absolute Gasteiger partial charge is 0.373 e. The minimum absolute atomic E-state index is 0. The highest BCUT2D eigenvalue weighted by molar-refractivity contribution is 7.57. The Morgan fingerprint density at radius 1 is 0.923 bits per heavy atom. The molecule has 0 aliphatic carbocycles. The van der Waals surface area contributed by atoms with E-state index >= 15 is 0 Å². The lowest BCUT2D eigenvalue weighted by Gasteiger charge is -2.23. The predicted molar refractivity (Wildman–Crippen MR) is 106 cm³/mol. The highest BCUT2D eigenvalue weighted by Crippen LogP contribution is 2.49. The molecule has 0 N–H and O–H groups in total. The van der Waals surface area contributed by atoms with E-state index in [-0.39, 0.29) is 19.7 Å². The van der Waals surface area contributed by atoms with Gasteiger partial charge in [-0.25, -0.2) is 0 Å².